The van der Waals surface area contributed by atoms with E-state index in [4.69, 9.17) is 40.2 Å². The molecule has 0 bridgehead atoms. The summed E-state index contributed by atoms with van der Waals surface area (Å²) in [6, 6.07) is 13.5. The summed E-state index contributed by atoms with van der Waals surface area (Å²) in [5, 5.41) is 3.71. The minimum absolute atomic E-state index is 0.0123. The number of rotatable bonds is 5. The number of ether oxygens (including phenoxy) is 1. The Labute approximate surface area is 171 Å². The van der Waals surface area contributed by atoms with Crippen LogP contribution in [-0.2, 0) is 9.59 Å². The number of hydrogen-bond donors (Lipinski definition) is 1. The van der Waals surface area contributed by atoms with E-state index in [1.807, 2.05) is 0 Å². The van der Waals surface area contributed by atoms with Gasteiger partial charge in [0.2, 0.25) is 0 Å². The Morgan fingerprint density at radius 2 is 1.59 bits per heavy atom. The van der Waals surface area contributed by atoms with Crippen molar-refractivity contribution < 1.29 is 14.3 Å². The van der Waals surface area contributed by atoms with Crippen LogP contribution >= 0.6 is 35.4 Å². The third-order valence-electron chi connectivity index (χ3n) is 3.74. The van der Waals surface area contributed by atoms with Gasteiger partial charge in [0.25, 0.3) is 11.8 Å². The predicted octanol–water partition coefficient (Wildman–Crippen LogP) is 4.14. The van der Waals surface area contributed by atoms with E-state index in [-0.39, 0.29) is 10.7 Å². The predicted molar refractivity (Wildman–Crippen MR) is 109 cm³/mol. The summed E-state index contributed by atoms with van der Waals surface area (Å²) in [4.78, 5) is 26.2. The second-order valence-electron chi connectivity index (χ2n) is 5.59. The lowest BCUT2D eigenvalue weighted by Gasteiger charge is -2.28. The molecule has 1 heterocycles. The number of nitrogens with one attached hydrogen (secondary N) is 1. The van der Waals surface area contributed by atoms with E-state index >= 15 is 0 Å². The van der Waals surface area contributed by atoms with Crippen molar-refractivity contribution in [1.29, 1.82) is 0 Å². The third kappa shape index (κ3) is 4.66. The SMILES string of the molecule is O=C1NC(=S)N(c2ccc(Cl)cc2)C(=O)/C1=C\CCOc1ccc(Cl)cc1. The molecule has 27 heavy (non-hydrogen) atoms. The lowest BCUT2D eigenvalue weighted by molar-refractivity contribution is -0.122. The van der Waals surface area contributed by atoms with E-state index in [9.17, 15) is 9.59 Å². The molecule has 1 N–H and O–H groups in total. The van der Waals surface area contributed by atoms with Crippen LogP contribution in [-0.4, -0.2) is 23.5 Å². The number of thiocarbonyl (C=S) groups is 1. The van der Waals surface area contributed by atoms with Gasteiger partial charge in [-0.3, -0.25) is 19.8 Å². The fourth-order valence-electron chi connectivity index (χ4n) is 2.45. The first-order chi connectivity index (χ1) is 13.0. The summed E-state index contributed by atoms with van der Waals surface area (Å²) < 4.78 is 5.57. The molecule has 2 aromatic rings. The van der Waals surface area contributed by atoms with Crippen molar-refractivity contribution in [3.8, 4) is 5.75 Å². The van der Waals surface area contributed by atoms with Gasteiger partial charge in [-0.05, 0) is 60.7 Å². The van der Waals surface area contributed by atoms with E-state index in [1.165, 1.54) is 11.0 Å². The molecule has 0 unspecified atom stereocenters. The Morgan fingerprint density at radius 1 is 1.00 bits per heavy atom. The maximum absolute atomic E-state index is 12.8. The highest BCUT2D eigenvalue weighted by Crippen LogP contribution is 2.23. The van der Waals surface area contributed by atoms with Crippen molar-refractivity contribution in [3.05, 3.63) is 70.2 Å². The highest BCUT2D eigenvalue weighted by molar-refractivity contribution is 7.80. The molecule has 2 aromatic carbocycles. The number of amides is 2. The standard InChI is InChI=1S/C19H14Cl2N2O3S/c20-12-3-7-14(8-4-12)23-18(25)16(17(24)22-19(23)27)2-1-11-26-15-9-5-13(21)6-10-15/h2-10H,1,11H2,(H,22,24,27)/b16-2-. The average molecular weight is 421 g/mol. The minimum atomic E-state index is -0.526. The van der Waals surface area contributed by atoms with Crippen LogP contribution in [0.3, 0.4) is 0 Å². The lowest BCUT2D eigenvalue weighted by atomic mass is 10.1. The zero-order valence-corrected chi connectivity index (χ0v) is 16.3. The van der Waals surface area contributed by atoms with Crippen LogP contribution < -0.4 is 15.0 Å². The normalized spacial score (nSPS) is 15.9. The van der Waals surface area contributed by atoms with Gasteiger partial charge in [-0.1, -0.05) is 29.3 Å². The van der Waals surface area contributed by atoms with Crippen LogP contribution in [0.15, 0.2) is 60.2 Å². The van der Waals surface area contributed by atoms with Crippen LogP contribution in [0.1, 0.15) is 6.42 Å². The highest BCUT2D eigenvalue weighted by atomic mass is 35.5. The number of carbonyl (C=O) groups is 2. The molecule has 8 heteroatoms. The van der Waals surface area contributed by atoms with Crippen LogP contribution in [0.25, 0.3) is 0 Å². The molecule has 0 spiro atoms. The van der Waals surface area contributed by atoms with Crippen LogP contribution in [0, 0.1) is 0 Å². The van der Waals surface area contributed by atoms with Crippen molar-refractivity contribution in [3.63, 3.8) is 0 Å². The molecular weight excluding hydrogens is 407 g/mol. The van der Waals surface area contributed by atoms with Crippen molar-refractivity contribution >= 4 is 58.0 Å². The van der Waals surface area contributed by atoms with E-state index < -0.39 is 11.8 Å². The molecule has 0 radical (unpaired) electrons. The Morgan fingerprint density at radius 3 is 2.22 bits per heavy atom. The summed E-state index contributed by atoms with van der Waals surface area (Å²) >= 11 is 16.8. The van der Waals surface area contributed by atoms with Crippen LogP contribution in [0.2, 0.25) is 10.0 Å². The maximum Gasteiger partial charge on any atom is 0.269 e. The molecule has 138 valence electrons. The Balaban J connectivity index is 1.69. The fourth-order valence-corrected chi connectivity index (χ4v) is 2.98. The zero-order chi connectivity index (χ0) is 19.4. The molecule has 0 saturated carbocycles. The first-order valence-corrected chi connectivity index (χ1v) is 9.16. The van der Waals surface area contributed by atoms with Gasteiger partial charge in [0, 0.05) is 16.5 Å². The molecule has 5 nitrogen and oxygen atoms in total. The first kappa shape index (κ1) is 19.4. The first-order valence-electron chi connectivity index (χ1n) is 7.99. The second-order valence-corrected chi connectivity index (χ2v) is 6.84. The fraction of sp³-hybridized carbons (Fsp3) is 0.105. The van der Waals surface area contributed by atoms with Crippen LogP contribution in [0.5, 0.6) is 5.75 Å². The highest BCUT2D eigenvalue weighted by Gasteiger charge is 2.34. The number of hydrogen-bond acceptors (Lipinski definition) is 4. The van der Waals surface area contributed by atoms with Crippen molar-refractivity contribution in [2.75, 3.05) is 11.5 Å². The molecule has 1 saturated heterocycles. The largest absolute Gasteiger partial charge is 0.493 e. The number of carbonyl (C=O) groups excluding carboxylic acids is 2. The van der Waals surface area contributed by atoms with Gasteiger partial charge in [0.05, 0.1) is 12.3 Å². The summed E-state index contributed by atoms with van der Waals surface area (Å²) in [6.45, 7) is 0.303. The molecule has 2 amide bonds. The van der Waals surface area contributed by atoms with Crippen molar-refractivity contribution in [2.24, 2.45) is 0 Å². The van der Waals surface area contributed by atoms with Gasteiger partial charge in [-0.15, -0.1) is 0 Å². The zero-order valence-electron chi connectivity index (χ0n) is 13.9. The van der Waals surface area contributed by atoms with E-state index in [1.54, 1.807) is 48.5 Å². The maximum atomic E-state index is 12.8. The van der Waals surface area contributed by atoms with Crippen molar-refractivity contribution in [1.82, 2.24) is 5.32 Å². The van der Waals surface area contributed by atoms with E-state index in [2.05, 4.69) is 5.32 Å². The van der Waals surface area contributed by atoms with Gasteiger partial charge in [0.1, 0.15) is 11.3 Å². The minimum Gasteiger partial charge on any atom is -0.493 e. The number of nitrogens with zero attached hydrogens (tertiary/aromatic N) is 1. The summed E-state index contributed by atoms with van der Waals surface area (Å²) in [6.07, 6.45) is 1.91. The molecule has 1 aliphatic heterocycles. The smallest absolute Gasteiger partial charge is 0.269 e. The molecule has 0 atom stereocenters. The Kier molecular flexibility index (Phi) is 6.11. The summed E-state index contributed by atoms with van der Waals surface area (Å²) in [5.41, 5.74) is 0.538. The van der Waals surface area contributed by atoms with Gasteiger partial charge < -0.3 is 4.74 Å². The average Bonchev–Trinajstić information content (AvgIpc) is 2.64. The van der Waals surface area contributed by atoms with E-state index in [0.717, 1.165) is 0 Å². The second kappa shape index (κ2) is 8.52. The van der Waals surface area contributed by atoms with Gasteiger partial charge in [-0.2, -0.15) is 0 Å². The topological polar surface area (TPSA) is 58.6 Å². The Hall–Kier alpha value is -2.41. The number of benzene rings is 2. The Bertz CT molecular complexity index is 912. The van der Waals surface area contributed by atoms with Crippen molar-refractivity contribution in [2.45, 2.75) is 6.42 Å². The molecule has 0 aromatic heterocycles. The molecular formula is C19H14Cl2N2O3S. The van der Waals surface area contributed by atoms with Gasteiger partial charge in [-0.25, -0.2) is 0 Å². The van der Waals surface area contributed by atoms with Crippen LogP contribution in [0.4, 0.5) is 5.69 Å². The number of anilines is 1. The number of halogens is 2. The lowest BCUT2D eigenvalue weighted by Crippen LogP contribution is -2.54. The third-order valence-corrected chi connectivity index (χ3v) is 4.52. The molecule has 0 aliphatic carbocycles. The summed E-state index contributed by atoms with van der Waals surface area (Å²) in [5.74, 6) is -0.361. The molecule has 3 rings (SSSR count). The molecule has 1 aliphatic rings. The molecule has 1 fully saturated rings. The van der Waals surface area contributed by atoms with Gasteiger partial charge in [0.15, 0.2) is 5.11 Å². The quantitative estimate of drug-likeness (QED) is 0.341. The van der Waals surface area contributed by atoms with E-state index in [0.29, 0.717) is 34.5 Å². The van der Waals surface area contributed by atoms with Gasteiger partial charge >= 0.3 is 0 Å². The summed E-state index contributed by atoms with van der Waals surface area (Å²) in [7, 11) is 0. The monoisotopic (exact) mass is 420 g/mol.